The molecule has 0 unspecified atom stereocenters. The lowest BCUT2D eigenvalue weighted by molar-refractivity contribution is 0.0947. The van der Waals surface area contributed by atoms with E-state index in [9.17, 15) is 4.79 Å². The van der Waals surface area contributed by atoms with Gasteiger partial charge in [0.1, 0.15) is 5.76 Å². The van der Waals surface area contributed by atoms with E-state index in [1.165, 1.54) is 11.8 Å². The average Bonchev–Trinajstić information content (AvgIpc) is 3.47. The van der Waals surface area contributed by atoms with Gasteiger partial charge in [0.15, 0.2) is 17.3 Å². The molecule has 2 heterocycles. The monoisotopic (exact) mass is 418 g/mol. The van der Waals surface area contributed by atoms with E-state index in [2.05, 4.69) is 15.4 Å². The summed E-state index contributed by atoms with van der Waals surface area (Å²) in [4.78, 5) is 17.9. The van der Waals surface area contributed by atoms with Crippen molar-refractivity contribution in [2.75, 3.05) is 19.5 Å². The van der Waals surface area contributed by atoms with Crippen LogP contribution in [0.1, 0.15) is 21.7 Å². The molecule has 2 aromatic carbocycles. The summed E-state index contributed by atoms with van der Waals surface area (Å²) in [5.41, 5.74) is 2.32. The number of aryl methyl sites for hydroxylation is 1. The number of nitrogens with one attached hydrogen (secondary N) is 1. The normalized spacial score (nSPS) is 10.7. The highest BCUT2D eigenvalue weighted by molar-refractivity contribution is 5.97. The Bertz CT molecular complexity index is 1180. The van der Waals surface area contributed by atoms with E-state index < -0.39 is 0 Å². The molecule has 0 spiro atoms. The number of ether oxygens (including phenoxy) is 2. The highest BCUT2D eigenvalue weighted by atomic mass is 16.5. The first-order chi connectivity index (χ1) is 15.1. The molecule has 0 atom stereocenters. The highest BCUT2D eigenvalue weighted by Crippen LogP contribution is 2.28. The van der Waals surface area contributed by atoms with Crippen molar-refractivity contribution in [2.45, 2.75) is 13.5 Å². The Kier molecular flexibility index (Phi) is 5.70. The van der Waals surface area contributed by atoms with Crippen LogP contribution in [-0.2, 0) is 6.54 Å². The van der Waals surface area contributed by atoms with Crippen molar-refractivity contribution < 1.29 is 18.7 Å². The fourth-order valence-corrected chi connectivity index (χ4v) is 3.06. The second-order valence-electron chi connectivity index (χ2n) is 6.84. The first-order valence-corrected chi connectivity index (χ1v) is 9.66. The molecule has 0 aliphatic rings. The van der Waals surface area contributed by atoms with Gasteiger partial charge in [0.2, 0.25) is 5.95 Å². The first kappa shape index (κ1) is 20.2. The number of carbonyl (C=O) groups is 1. The number of hydrogen-bond donors (Lipinski definition) is 1. The van der Waals surface area contributed by atoms with Crippen LogP contribution < -0.4 is 14.8 Å². The van der Waals surface area contributed by atoms with Crippen molar-refractivity contribution in [3.8, 4) is 22.9 Å². The second kappa shape index (κ2) is 8.74. The zero-order chi connectivity index (χ0) is 21.8. The van der Waals surface area contributed by atoms with Gasteiger partial charge < -0.3 is 19.2 Å². The summed E-state index contributed by atoms with van der Waals surface area (Å²) in [5.74, 6) is 2.10. The third kappa shape index (κ3) is 4.28. The molecule has 2 aromatic heterocycles. The zero-order valence-electron chi connectivity index (χ0n) is 17.5. The number of rotatable bonds is 7. The molecule has 0 saturated carbocycles. The van der Waals surface area contributed by atoms with Crippen molar-refractivity contribution in [2.24, 2.45) is 0 Å². The number of benzene rings is 2. The van der Waals surface area contributed by atoms with E-state index in [0.29, 0.717) is 41.1 Å². The maximum atomic E-state index is 13.3. The maximum absolute atomic E-state index is 13.3. The van der Waals surface area contributed by atoms with Crippen LogP contribution in [-0.4, -0.2) is 34.9 Å². The zero-order valence-corrected chi connectivity index (χ0v) is 17.5. The summed E-state index contributed by atoms with van der Waals surface area (Å²) in [6.45, 7) is 2.37. The molecule has 8 nitrogen and oxygen atoms in total. The molecular formula is C23H22N4O4. The maximum Gasteiger partial charge on any atom is 0.281 e. The van der Waals surface area contributed by atoms with Crippen LogP contribution in [0, 0.1) is 6.92 Å². The van der Waals surface area contributed by atoms with E-state index in [1.54, 1.807) is 37.6 Å². The van der Waals surface area contributed by atoms with E-state index in [0.717, 1.165) is 11.1 Å². The molecule has 0 radical (unpaired) electrons. The third-order valence-electron chi connectivity index (χ3n) is 4.74. The van der Waals surface area contributed by atoms with Crippen molar-refractivity contribution in [1.82, 2.24) is 14.8 Å². The Labute approximate surface area is 179 Å². The van der Waals surface area contributed by atoms with Crippen LogP contribution in [0.3, 0.4) is 0 Å². The summed E-state index contributed by atoms with van der Waals surface area (Å²) >= 11 is 0. The van der Waals surface area contributed by atoms with Gasteiger partial charge in [-0.1, -0.05) is 29.8 Å². The van der Waals surface area contributed by atoms with Crippen LogP contribution in [0.4, 0.5) is 5.95 Å². The van der Waals surface area contributed by atoms with Gasteiger partial charge >= 0.3 is 0 Å². The van der Waals surface area contributed by atoms with Crippen LogP contribution in [0.5, 0.6) is 11.5 Å². The molecule has 0 bridgehead atoms. The fraction of sp³-hybridized carbons (Fsp3) is 0.174. The van der Waals surface area contributed by atoms with Gasteiger partial charge in [0, 0.05) is 11.1 Å². The summed E-state index contributed by atoms with van der Waals surface area (Å²) in [6, 6.07) is 16.4. The minimum Gasteiger partial charge on any atom is -0.493 e. The standard InChI is InChI=1S/C23H22N4O4/c1-15-6-8-16(9-7-15)21-25-23(24-14-18-5-4-12-31-18)27(26-21)22(28)17-10-11-19(29-2)20(13-17)30-3/h4-13H,14H2,1-3H3,(H,24,25,26). The Hall–Kier alpha value is -4.07. The van der Waals surface area contributed by atoms with Gasteiger partial charge in [-0.05, 0) is 37.3 Å². The Morgan fingerprint density at radius 1 is 1.06 bits per heavy atom. The predicted molar refractivity (Wildman–Crippen MR) is 116 cm³/mol. The lowest BCUT2D eigenvalue weighted by Gasteiger charge is -2.10. The summed E-state index contributed by atoms with van der Waals surface area (Å²) in [5, 5.41) is 7.61. The van der Waals surface area contributed by atoms with E-state index in [-0.39, 0.29) is 5.91 Å². The lowest BCUT2D eigenvalue weighted by atomic mass is 10.1. The largest absolute Gasteiger partial charge is 0.493 e. The second-order valence-corrected chi connectivity index (χ2v) is 6.84. The Morgan fingerprint density at radius 3 is 2.52 bits per heavy atom. The third-order valence-corrected chi connectivity index (χ3v) is 4.74. The van der Waals surface area contributed by atoms with Crippen LogP contribution in [0.25, 0.3) is 11.4 Å². The number of carbonyl (C=O) groups excluding carboxylic acids is 1. The number of aromatic nitrogens is 3. The summed E-state index contributed by atoms with van der Waals surface area (Å²) in [7, 11) is 3.06. The molecular weight excluding hydrogens is 396 g/mol. The number of hydrogen-bond acceptors (Lipinski definition) is 7. The quantitative estimate of drug-likeness (QED) is 0.482. The van der Waals surface area contributed by atoms with Gasteiger partial charge in [-0.15, -0.1) is 5.10 Å². The predicted octanol–water partition coefficient (Wildman–Crippen LogP) is 4.16. The van der Waals surface area contributed by atoms with E-state index in [4.69, 9.17) is 13.9 Å². The Morgan fingerprint density at radius 2 is 1.84 bits per heavy atom. The minimum absolute atomic E-state index is 0.312. The van der Waals surface area contributed by atoms with Gasteiger partial charge in [-0.3, -0.25) is 4.79 Å². The van der Waals surface area contributed by atoms with Gasteiger partial charge in [-0.2, -0.15) is 9.67 Å². The lowest BCUT2D eigenvalue weighted by Crippen LogP contribution is -2.17. The van der Waals surface area contributed by atoms with Crippen molar-refractivity contribution in [1.29, 1.82) is 0 Å². The number of furan rings is 1. The number of anilines is 1. The van der Waals surface area contributed by atoms with Crippen molar-refractivity contribution in [3.63, 3.8) is 0 Å². The van der Waals surface area contributed by atoms with Crippen molar-refractivity contribution in [3.05, 3.63) is 77.7 Å². The van der Waals surface area contributed by atoms with Crippen LogP contribution in [0.2, 0.25) is 0 Å². The molecule has 8 heteroatoms. The molecule has 1 N–H and O–H groups in total. The summed E-state index contributed by atoms with van der Waals surface area (Å²) in [6.07, 6.45) is 1.59. The number of nitrogens with zero attached hydrogens (tertiary/aromatic N) is 3. The molecule has 158 valence electrons. The van der Waals surface area contributed by atoms with Crippen LogP contribution in [0.15, 0.2) is 65.3 Å². The fourth-order valence-electron chi connectivity index (χ4n) is 3.06. The molecule has 0 fully saturated rings. The minimum atomic E-state index is -0.353. The highest BCUT2D eigenvalue weighted by Gasteiger charge is 2.20. The van der Waals surface area contributed by atoms with E-state index >= 15 is 0 Å². The molecule has 0 saturated heterocycles. The average molecular weight is 418 g/mol. The van der Waals surface area contributed by atoms with Crippen molar-refractivity contribution >= 4 is 11.9 Å². The molecule has 31 heavy (non-hydrogen) atoms. The topological polar surface area (TPSA) is 91.4 Å². The molecule has 4 rings (SSSR count). The molecule has 0 aliphatic heterocycles. The summed E-state index contributed by atoms with van der Waals surface area (Å²) < 4.78 is 17.2. The molecule has 4 aromatic rings. The van der Waals surface area contributed by atoms with Gasteiger partial charge in [0.25, 0.3) is 5.91 Å². The molecule has 0 aliphatic carbocycles. The smallest absolute Gasteiger partial charge is 0.281 e. The number of methoxy groups -OCH3 is 2. The van der Waals surface area contributed by atoms with Crippen LogP contribution >= 0.6 is 0 Å². The van der Waals surface area contributed by atoms with Gasteiger partial charge in [0.05, 0.1) is 27.0 Å². The van der Waals surface area contributed by atoms with Gasteiger partial charge in [-0.25, -0.2) is 0 Å². The SMILES string of the molecule is COc1ccc(C(=O)n2nc(-c3ccc(C)cc3)nc2NCc2ccco2)cc1OC. The van der Waals surface area contributed by atoms with E-state index in [1.807, 2.05) is 37.3 Å². The first-order valence-electron chi connectivity index (χ1n) is 9.66. The molecule has 0 amide bonds. The Balaban J connectivity index is 1.71.